The first kappa shape index (κ1) is 16.0. The van der Waals surface area contributed by atoms with Crippen molar-refractivity contribution in [3.63, 3.8) is 0 Å². The number of hydrogen-bond donors (Lipinski definition) is 2. The second kappa shape index (κ2) is 6.72. The van der Waals surface area contributed by atoms with Gasteiger partial charge in [-0.05, 0) is 42.9 Å². The molecule has 2 aromatic rings. The first-order chi connectivity index (χ1) is 11.1. The number of nitrogens with one attached hydrogen (secondary N) is 2. The molecular formula is C15H17ClN4O2S. The zero-order chi connectivity index (χ0) is 16.4. The topological polar surface area (TPSA) is 71.9 Å². The summed E-state index contributed by atoms with van der Waals surface area (Å²) in [5.41, 5.74) is 0.963. The molecule has 3 rings (SSSR count). The lowest BCUT2D eigenvalue weighted by molar-refractivity contribution is -0.127. The Morgan fingerprint density at radius 1 is 1.61 bits per heavy atom. The van der Waals surface area contributed by atoms with Crippen LogP contribution in [0.25, 0.3) is 0 Å². The summed E-state index contributed by atoms with van der Waals surface area (Å²) in [4.78, 5) is 12.2. The van der Waals surface area contributed by atoms with E-state index in [1.54, 1.807) is 12.1 Å². The molecule has 0 fully saturated rings. The van der Waals surface area contributed by atoms with Crippen LogP contribution in [0.5, 0.6) is 5.75 Å². The number of H-pyrrole nitrogens is 1. The minimum absolute atomic E-state index is 0.130. The van der Waals surface area contributed by atoms with Gasteiger partial charge in [0.25, 0.3) is 5.91 Å². The zero-order valence-electron chi connectivity index (χ0n) is 12.6. The molecule has 1 aromatic heterocycles. The van der Waals surface area contributed by atoms with Gasteiger partial charge in [-0.2, -0.15) is 5.10 Å². The number of hydrogen-bond acceptors (Lipinski definition) is 4. The third-order valence-electron chi connectivity index (χ3n) is 3.79. The number of benzene rings is 1. The summed E-state index contributed by atoms with van der Waals surface area (Å²) in [6.45, 7) is 3.23. The molecule has 6 nitrogen and oxygen atoms in total. The van der Waals surface area contributed by atoms with E-state index >= 15 is 0 Å². The normalized spacial score (nSPS) is 16.0. The molecule has 1 aliphatic heterocycles. The largest absolute Gasteiger partial charge is 0.480 e. The molecule has 1 aromatic carbocycles. The summed E-state index contributed by atoms with van der Waals surface area (Å²) < 4.78 is 8.17. The summed E-state index contributed by atoms with van der Waals surface area (Å²) in [5.74, 6) is 1.43. The summed E-state index contributed by atoms with van der Waals surface area (Å²) in [6, 6.07) is 5.39. The predicted octanol–water partition coefficient (Wildman–Crippen LogP) is 2.28. The van der Waals surface area contributed by atoms with Crippen LogP contribution >= 0.6 is 23.8 Å². The quantitative estimate of drug-likeness (QED) is 0.810. The summed E-state index contributed by atoms with van der Waals surface area (Å²) in [5, 5.41) is 10.5. The molecule has 23 heavy (non-hydrogen) atoms. The van der Waals surface area contributed by atoms with Crippen molar-refractivity contribution in [3.05, 3.63) is 39.4 Å². The first-order valence-corrected chi connectivity index (χ1v) is 8.24. The third-order valence-corrected chi connectivity index (χ3v) is 4.34. The lowest BCUT2D eigenvalue weighted by Crippen LogP contribution is -2.38. The van der Waals surface area contributed by atoms with Crippen LogP contribution in [0.2, 0.25) is 5.02 Å². The molecule has 122 valence electrons. The van der Waals surface area contributed by atoms with Gasteiger partial charge in [0.15, 0.2) is 10.9 Å². The van der Waals surface area contributed by atoms with Crippen LogP contribution in [-0.2, 0) is 24.2 Å². The molecule has 1 aliphatic rings. The lowest BCUT2D eigenvalue weighted by atomic mass is 10.1. The van der Waals surface area contributed by atoms with Crippen molar-refractivity contribution >= 4 is 29.7 Å². The predicted molar refractivity (Wildman–Crippen MR) is 89.4 cm³/mol. The van der Waals surface area contributed by atoms with Crippen LogP contribution in [0.1, 0.15) is 18.3 Å². The number of rotatable bonds is 5. The van der Waals surface area contributed by atoms with E-state index in [2.05, 4.69) is 15.5 Å². The second-order valence-electron chi connectivity index (χ2n) is 5.29. The highest BCUT2D eigenvalue weighted by Gasteiger charge is 2.28. The summed E-state index contributed by atoms with van der Waals surface area (Å²) >= 11 is 11.1. The smallest absolute Gasteiger partial charge is 0.261 e. The molecule has 1 unspecified atom stereocenters. The first-order valence-electron chi connectivity index (χ1n) is 7.45. The molecule has 1 amide bonds. The van der Waals surface area contributed by atoms with E-state index in [0.29, 0.717) is 29.2 Å². The van der Waals surface area contributed by atoms with Gasteiger partial charge < -0.3 is 14.6 Å². The van der Waals surface area contributed by atoms with Crippen molar-refractivity contribution in [1.29, 1.82) is 0 Å². The lowest BCUT2D eigenvalue weighted by Gasteiger charge is -2.11. The standard InChI is InChI=1S/C15H17ClN4O2S/c1-2-20-13(18-19-15(20)23)5-6-17-14(21)12-8-9-7-10(16)3-4-11(9)22-12/h3-4,7,12H,2,5-6,8H2,1H3,(H,17,21)(H,19,23). The Morgan fingerprint density at radius 3 is 3.22 bits per heavy atom. The van der Waals surface area contributed by atoms with Gasteiger partial charge in [0, 0.05) is 31.0 Å². The average molecular weight is 353 g/mol. The van der Waals surface area contributed by atoms with Crippen molar-refractivity contribution in [2.45, 2.75) is 32.4 Å². The Morgan fingerprint density at radius 2 is 2.43 bits per heavy atom. The van der Waals surface area contributed by atoms with Gasteiger partial charge in [-0.1, -0.05) is 11.6 Å². The Labute approximate surface area is 143 Å². The van der Waals surface area contributed by atoms with Crippen LogP contribution < -0.4 is 10.1 Å². The molecule has 0 saturated heterocycles. The number of carbonyl (C=O) groups excluding carboxylic acids is 1. The molecule has 1 atom stereocenters. The van der Waals surface area contributed by atoms with Gasteiger partial charge in [-0.25, -0.2) is 0 Å². The maximum atomic E-state index is 12.2. The summed E-state index contributed by atoms with van der Waals surface area (Å²) in [7, 11) is 0. The van der Waals surface area contributed by atoms with Crippen LogP contribution in [-0.4, -0.2) is 33.3 Å². The van der Waals surface area contributed by atoms with E-state index < -0.39 is 6.10 Å². The Balaban J connectivity index is 1.54. The number of ether oxygens (including phenoxy) is 1. The van der Waals surface area contributed by atoms with Gasteiger partial charge in [-0.15, -0.1) is 0 Å². The van der Waals surface area contributed by atoms with E-state index in [0.717, 1.165) is 23.7 Å². The van der Waals surface area contributed by atoms with Crippen molar-refractivity contribution in [2.24, 2.45) is 0 Å². The zero-order valence-corrected chi connectivity index (χ0v) is 14.2. The van der Waals surface area contributed by atoms with E-state index in [-0.39, 0.29) is 5.91 Å². The van der Waals surface area contributed by atoms with Crippen LogP contribution in [0.4, 0.5) is 0 Å². The maximum Gasteiger partial charge on any atom is 0.261 e. The van der Waals surface area contributed by atoms with Gasteiger partial charge in [-0.3, -0.25) is 9.89 Å². The number of halogens is 1. The highest BCUT2D eigenvalue weighted by Crippen LogP contribution is 2.31. The van der Waals surface area contributed by atoms with Crippen molar-refractivity contribution in [3.8, 4) is 5.75 Å². The van der Waals surface area contributed by atoms with Crippen molar-refractivity contribution in [1.82, 2.24) is 20.1 Å². The molecule has 2 heterocycles. The number of fused-ring (bicyclic) bond motifs is 1. The van der Waals surface area contributed by atoms with Crippen molar-refractivity contribution in [2.75, 3.05) is 6.54 Å². The van der Waals surface area contributed by atoms with Gasteiger partial charge in [0.2, 0.25) is 0 Å². The third kappa shape index (κ3) is 3.40. The SMILES string of the molecule is CCn1c(CCNC(=O)C2Cc3cc(Cl)ccc3O2)n[nH]c1=S. The van der Waals surface area contributed by atoms with Crippen LogP contribution in [0.15, 0.2) is 18.2 Å². The Bertz CT molecular complexity index is 786. The fraction of sp³-hybridized carbons (Fsp3) is 0.400. The maximum absolute atomic E-state index is 12.2. The molecule has 0 spiro atoms. The fourth-order valence-corrected chi connectivity index (χ4v) is 3.12. The molecule has 0 aliphatic carbocycles. The van der Waals surface area contributed by atoms with Gasteiger partial charge in [0.1, 0.15) is 11.6 Å². The van der Waals surface area contributed by atoms with E-state index in [1.807, 2.05) is 17.6 Å². The Kier molecular flexibility index (Phi) is 4.68. The number of aromatic amines is 1. The molecule has 0 bridgehead atoms. The van der Waals surface area contributed by atoms with E-state index in [4.69, 9.17) is 28.6 Å². The minimum Gasteiger partial charge on any atom is -0.480 e. The van der Waals surface area contributed by atoms with Gasteiger partial charge >= 0.3 is 0 Å². The molecular weight excluding hydrogens is 336 g/mol. The van der Waals surface area contributed by atoms with Crippen molar-refractivity contribution < 1.29 is 9.53 Å². The van der Waals surface area contributed by atoms with E-state index in [9.17, 15) is 4.79 Å². The number of nitrogens with zero attached hydrogens (tertiary/aromatic N) is 2. The summed E-state index contributed by atoms with van der Waals surface area (Å²) in [6.07, 6.45) is 0.642. The number of carbonyl (C=O) groups is 1. The van der Waals surface area contributed by atoms with E-state index in [1.165, 1.54) is 0 Å². The Hall–Kier alpha value is -1.86. The second-order valence-corrected chi connectivity index (χ2v) is 6.12. The minimum atomic E-state index is -0.504. The highest BCUT2D eigenvalue weighted by molar-refractivity contribution is 7.71. The highest BCUT2D eigenvalue weighted by atomic mass is 35.5. The van der Waals surface area contributed by atoms with Gasteiger partial charge in [0.05, 0.1) is 0 Å². The van der Waals surface area contributed by atoms with Crippen LogP contribution in [0, 0.1) is 4.77 Å². The monoisotopic (exact) mass is 352 g/mol. The average Bonchev–Trinajstić information content (AvgIpc) is 3.10. The number of amides is 1. The van der Waals surface area contributed by atoms with Crippen LogP contribution in [0.3, 0.4) is 0 Å². The molecule has 8 heteroatoms. The number of aromatic nitrogens is 3. The molecule has 0 radical (unpaired) electrons. The molecule has 0 saturated carbocycles. The molecule has 2 N–H and O–H groups in total. The fourth-order valence-electron chi connectivity index (χ4n) is 2.64.